The molecule has 3 fully saturated rings. The van der Waals surface area contributed by atoms with E-state index in [1.54, 1.807) is 48.4 Å². The first-order valence-electron chi connectivity index (χ1n) is 15.1. The highest BCUT2D eigenvalue weighted by atomic mass is 16.6. The Morgan fingerprint density at radius 1 is 1.16 bits per heavy atom. The fourth-order valence-corrected chi connectivity index (χ4v) is 6.25. The Morgan fingerprint density at radius 3 is 2.61 bits per heavy atom. The monoisotopic (exact) mass is 604 g/mol. The quantitative estimate of drug-likeness (QED) is 0.403. The van der Waals surface area contributed by atoms with Crippen LogP contribution >= 0.6 is 0 Å². The number of carbonyl (C=O) groups is 3. The van der Waals surface area contributed by atoms with Crippen molar-refractivity contribution >= 4 is 46.3 Å². The van der Waals surface area contributed by atoms with E-state index in [0.717, 1.165) is 31.1 Å². The van der Waals surface area contributed by atoms with E-state index in [0.29, 0.717) is 35.4 Å². The first kappa shape index (κ1) is 29.9. The number of amides is 2. The number of nitrogens with zero attached hydrogens (tertiary/aromatic N) is 6. The number of rotatable bonds is 6. The third kappa shape index (κ3) is 5.85. The van der Waals surface area contributed by atoms with Gasteiger partial charge in [0.1, 0.15) is 22.8 Å². The minimum absolute atomic E-state index is 0.0532. The van der Waals surface area contributed by atoms with Crippen molar-refractivity contribution in [1.29, 1.82) is 0 Å². The van der Waals surface area contributed by atoms with Gasteiger partial charge in [0, 0.05) is 44.2 Å². The fraction of sp³-hybridized carbons (Fsp3) is 0.548. The molecule has 2 bridgehead atoms. The highest BCUT2D eigenvalue weighted by molar-refractivity contribution is 5.98. The van der Waals surface area contributed by atoms with Gasteiger partial charge in [0.2, 0.25) is 11.9 Å². The Hall–Kier alpha value is -4.10. The van der Waals surface area contributed by atoms with E-state index < -0.39 is 17.1 Å². The molecule has 2 N–H and O–H groups in total. The first-order valence-corrected chi connectivity index (χ1v) is 15.1. The molecule has 6 rings (SSSR count). The second-order valence-corrected chi connectivity index (χ2v) is 13.2. The van der Waals surface area contributed by atoms with Crippen molar-refractivity contribution in [3.05, 3.63) is 36.3 Å². The van der Waals surface area contributed by atoms with Crippen LogP contribution in [0.2, 0.25) is 0 Å². The average Bonchev–Trinajstić information content (AvgIpc) is 3.61. The summed E-state index contributed by atoms with van der Waals surface area (Å²) in [6.45, 7) is 5.93. The Morgan fingerprint density at radius 2 is 1.93 bits per heavy atom. The SMILES string of the molecule is CN(C)C(=O)c1cc2cnc(Nc3ccc(N4CC5(C(=O)OC(C)(C)C)COCC(CC4=O)N5)cn3)nc2n1C1CCCC1. The lowest BCUT2D eigenvalue weighted by Gasteiger charge is -2.40. The molecule has 5 heterocycles. The molecule has 234 valence electrons. The Bertz CT molecular complexity index is 1570. The van der Waals surface area contributed by atoms with Gasteiger partial charge in [-0.3, -0.25) is 14.9 Å². The predicted molar refractivity (Wildman–Crippen MR) is 164 cm³/mol. The molecule has 2 aliphatic heterocycles. The number of esters is 1. The molecule has 13 heteroatoms. The third-order valence-corrected chi connectivity index (χ3v) is 8.28. The number of morpholine rings is 1. The summed E-state index contributed by atoms with van der Waals surface area (Å²) in [5, 5.41) is 7.31. The van der Waals surface area contributed by atoms with E-state index >= 15 is 0 Å². The summed E-state index contributed by atoms with van der Waals surface area (Å²) in [6.07, 6.45) is 7.73. The van der Waals surface area contributed by atoms with Gasteiger partial charge in [-0.25, -0.2) is 14.8 Å². The lowest BCUT2D eigenvalue weighted by atomic mass is 9.97. The molecule has 2 saturated heterocycles. The Labute approximate surface area is 256 Å². The minimum atomic E-state index is -1.19. The van der Waals surface area contributed by atoms with Gasteiger partial charge < -0.3 is 29.2 Å². The summed E-state index contributed by atoms with van der Waals surface area (Å²) in [5.74, 6) is 0.185. The zero-order valence-electron chi connectivity index (χ0n) is 25.9. The van der Waals surface area contributed by atoms with Crippen LogP contribution in [0.3, 0.4) is 0 Å². The standard InChI is InChI=1S/C31H40N8O5/c1-30(2,3)44-28(42)31-17-38(25(40)13-20(36-31)16-43-18-31)22-10-11-24(32-15-22)34-29-33-14-19-12-23(27(41)37(4)5)39(26(19)35-29)21-8-6-7-9-21/h10-12,14-15,20-21,36H,6-9,13,16-18H2,1-5H3,(H,32,33,34,35). The number of ether oxygens (including phenoxy) is 2. The van der Waals surface area contributed by atoms with Gasteiger partial charge in [0.25, 0.3) is 5.91 Å². The van der Waals surface area contributed by atoms with Gasteiger partial charge in [-0.05, 0) is 51.8 Å². The molecule has 1 saturated carbocycles. The van der Waals surface area contributed by atoms with E-state index in [2.05, 4.69) is 25.2 Å². The number of anilines is 3. The molecule has 2 unspecified atom stereocenters. The van der Waals surface area contributed by atoms with Crippen molar-refractivity contribution in [2.45, 2.75) is 76.1 Å². The van der Waals surface area contributed by atoms with Crippen LogP contribution in [0.5, 0.6) is 0 Å². The van der Waals surface area contributed by atoms with Gasteiger partial charge in [0.05, 0.1) is 31.6 Å². The molecular weight excluding hydrogens is 564 g/mol. The molecule has 3 aliphatic rings. The molecule has 3 aromatic rings. The zero-order valence-corrected chi connectivity index (χ0v) is 25.9. The summed E-state index contributed by atoms with van der Waals surface area (Å²) < 4.78 is 13.6. The lowest BCUT2D eigenvalue weighted by molar-refractivity contribution is -0.169. The number of carbonyl (C=O) groups excluding carboxylic acids is 3. The number of fused-ring (bicyclic) bond motifs is 3. The molecule has 3 aromatic heterocycles. The molecule has 13 nitrogen and oxygen atoms in total. The van der Waals surface area contributed by atoms with Crippen molar-refractivity contribution < 1.29 is 23.9 Å². The van der Waals surface area contributed by atoms with Crippen LogP contribution in [0, 0.1) is 0 Å². The maximum atomic E-state index is 13.3. The third-order valence-electron chi connectivity index (χ3n) is 8.28. The van der Waals surface area contributed by atoms with E-state index in [1.807, 2.05) is 26.8 Å². The van der Waals surface area contributed by atoms with Crippen molar-refractivity contribution in [3.63, 3.8) is 0 Å². The first-order chi connectivity index (χ1) is 20.9. The molecular formula is C31H40N8O5. The van der Waals surface area contributed by atoms with Crippen LogP contribution in [0.1, 0.15) is 69.4 Å². The number of hydrogen-bond acceptors (Lipinski definition) is 10. The molecule has 0 spiro atoms. The molecule has 2 amide bonds. The maximum absolute atomic E-state index is 13.3. The zero-order chi connectivity index (χ0) is 31.2. The predicted octanol–water partition coefficient (Wildman–Crippen LogP) is 3.19. The Kier molecular flexibility index (Phi) is 7.78. The van der Waals surface area contributed by atoms with Crippen molar-refractivity contribution in [2.24, 2.45) is 0 Å². The Balaban J connectivity index is 1.25. The topological polar surface area (TPSA) is 144 Å². The summed E-state index contributed by atoms with van der Waals surface area (Å²) in [5.41, 5.74) is -0.00912. The number of hydrogen-bond donors (Lipinski definition) is 2. The van der Waals surface area contributed by atoms with Crippen molar-refractivity contribution in [3.8, 4) is 0 Å². The van der Waals surface area contributed by atoms with Crippen LogP contribution in [0.15, 0.2) is 30.6 Å². The van der Waals surface area contributed by atoms with Gasteiger partial charge in [0.15, 0.2) is 5.54 Å². The van der Waals surface area contributed by atoms with Crippen molar-refractivity contribution in [1.82, 2.24) is 29.7 Å². The summed E-state index contributed by atoms with van der Waals surface area (Å²) in [6, 6.07) is 5.30. The number of aromatic nitrogens is 4. The fourth-order valence-electron chi connectivity index (χ4n) is 6.25. The molecule has 0 aromatic carbocycles. The maximum Gasteiger partial charge on any atom is 0.331 e. The van der Waals surface area contributed by atoms with Gasteiger partial charge in [-0.15, -0.1) is 0 Å². The highest BCUT2D eigenvalue weighted by Crippen LogP contribution is 2.35. The normalized spacial score (nSPS) is 22.6. The highest BCUT2D eigenvalue weighted by Gasteiger charge is 2.50. The second-order valence-electron chi connectivity index (χ2n) is 13.2. The number of nitrogens with one attached hydrogen (secondary N) is 2. The number of pyridine rings is 1. The van der Waals surface area contributed by atoms with E-state index in [9.17, 15) is 14.4 Å². The summed E-state index contributed by atoms with van der Waals surface area (Å²) in [7, 11) is 3.50. The molecule has 2 atom stereocenters. The van der Waals surface area contributed by atoms with E-state index in [1.165, 1.54) is 0 Å². The van der Waals surface area contributed by atoms with Gasteiger partial charge >= 0.3 is 5.97 Å². The van der Waals surface area contributed by atoms with E-state index in [-0.39, 0.29) is 43.5 Å². The molecule has 0 radical (unpaired) electrons. The van der Waals surface area contributed by atoms with Crippen LogP contribution in [0.25, 0.3) is 11.0 Å². The lowest BCUT2D eigenvalue weighted by Crippen LogP contribution is -2.67. The largest absolute Gasteiger partial charge is 0.458 e. The summed E-state index contributed by atoms with van der Waals surface area (Å²) >= 11 is 0. The average molecular weight is 605 g/mol. The van der Waals surface area contributed by atoms with Gasteiger partial charge in [-0.2, -0.15) is 4.98 Å². The van der Waals surface area contributed by atoms with Gasteiger partial charge in [-0.1, -0.05) is 12.8 Å². The molecule has 44 heavy (non-hydrogen) atoms. The molecule has 1 aliphatic carbocycles. The van der Waals surface area contributed by atoms with Crippen LogP contribution in [-0.2, 0) is 19.1 Å². The summed E-state index contributed by atoms with van der Waals surface area (Å²) in [4.78, 5) is 56.7. The van der Waals surface area contributed by atoms with E-state index in [4.69, 9.17) is 14.5 Å². The van der Waals surface area contributed by atoms with Crippen LogP contribution in [0.4, 0.5) is 17.5 Å². The minimum Gasteiger partial charge on any atom is -0.458 e. The van der Waals surface area contributed by atoms with Crippen LogP contribution < -0.4 is 15.5 Å². The van der Waals surface area contributed by atoms with Crippen molar-refractivity contribution in [2.75, 3.05) is 44.1 Å². The van der Waals surface area contributed by atoms with Crippen LogP contribution in [-0.4, -0.2) is 93.2 Å². The second kappa shape index (κ2) is 11.4. The smallest absolute Gasteiger partial charge is 0.331 e.